The SMILES string of the molecule is Cc1ccc(C)c(S(=O)(=O)c2ccc(CC(=O)/C=C/c3cccnc3)cc2)c1. The van der Waals surface area contributed by atoms with Gasteiger partial charge in [0.1, 0.15) is 0 Å². The van der Waals surface area contributed by atoms with Crippen LogP contribution >= 0.6 is 0 Å². The molecule has 4 nitrogen and oxygen atoms in total. The van der Waals surface area contributed by atoms with E-state index in [4.69, 9.17) is 0 Å². The Balaban J connectivity index is 1.75. The van der Waals surface area contributed by atoms with Crippen molar-refractivity contribution in [2.45, 2.75) is 30.1 Å². The Morgan fingerprint density at radius 1 is 1.04 bits per heavy atom. The van der Waals surface area contributed by atoms with E-state index in [1.165, 1.54) is 6.08 Å². The monoisotopic (exact) mass is 391 g/mol. The van der Waals surface area contributed by atoms with E-state index in [9.17, 15) is 13.2 Å². The van der Waals surface area contributed by atoms with E-state index < -0.39 is 9.84 Å². The Morgan fingerprint density at radius 3 is 2.46 bits per heavy atom. The number of pyridine rings is 1. The van der Waals surface area contributed by atoms with Crippen molar-refractivity contribution in [1.82, 2.24) is 4.98 Å². The molecular formula is C23H21NO3S. The third kappa shape index (κ3) is 4.61. The number of aryl methyl sites for hydroxylation is 2. The van der Waals surface area contributed by atoms with Crippen LogP contribution in [0.4, 0.5) is 0 Å². The van der Waals surface area contributed by atoms with Gasteiger partial charge in [-0.3, -0.25) is 9.78 Å². The fourth-order valence-electron chi connectivity index (χ4n) is 2.83. The van der Waals surface area contributed by atoms with E-state index in [0.717, 1.165) is 16.7 Å². The van der Waals surface area contributed by atoms with Gasteiger partial charge in [-0.05, 0) is 72.5 Å². The summed E-state index contributed by atoms with van der Waals surface area (Å²) in [7, 11) is -3.59. The minimum Gasteiger partial charge on any atom is -0.294 e. The highest BCUT2D eigenvalue weighted by molar-refractivity contribution is 7.91. The molecular weight excluding hydrogens is 370 g/mol. The Labute approximate surface area is 165 Å². The highest BCUT2D eigenvalue weighted by atomic mass is 32.2. The molecule has 1 heterocycles. The highest BCUT2D eigenvalue weighted by Crippen LogP contribution is 2.25. The molecule has 3 aromatic rings. The average molecular weight is 391 g/mol. The molecule has 0 aliphatic rings. The lowest BCUT2D eigenvalue weighted by Crippen LogP contribution is -2.05. The summed E-state index contributed by atoms with van der Waals surface area (Å²) in [5.41, 5.74) is 3.23. The third-order valence-electron chi connectivity index (χ3n) is 4.39. The average Bonchev–Trinajstić information content (AvgIpc) is 2.69. The Bertz CT molecular complexity index is 1120. The molecule has 5 heteroatoms. The van der Waals surface area contributed by atoms with Gasteiger partial charge in [-0.25, -0.2) is 8.42 Å². The number of allylic oxidation sites excluding steroid dienone is 1. The van der Waals surface area contributed by atoms with Crippen LogP contribution in [0.2, 0.25) is 0 Å². The van der Waals surface area contributed by atoms with Gasteiger partial charge in [0, 0.05) is 18.8 Å². The van der Waals surface area contributed by atoms with Crippen molar-refractivity contribution in [2.75, 3.05) is 0 Å². The summed E-state index contributed by atoms with van der Waals surface area (Å²) in [4.78, 5) is 16.7. The van der Waals surface area contributed by atoms with Crippen molar-refractivity contribution in [3.63, 3.8) is 0 Å². The normalized spacial score (nSPS) is 11.6. The predicted molar refractivity (Wildman–Crippen MR) is 110 cm³/mol. The number of hydrogen-bond donors (Lipinski definition) is 0. The molecule has 1 aromatic heterocycles. The van der Waals surface area contributed by atoms with Crippen LogP contribution in [-0.4, -0.2) is 19.2 Å². The molecule has 142 valence electrons. The molecule has 28 heavy (non-hydrogen) atoms. The van der Waals surface area contributed by atoms with Gasteiger partial charge >= 0.3 is 0 Å². The molecule has 0 fully saturated rings. The number of sulfone groups is 1. The first-order chi connectivity index (χ1) is 13.4. The number of nitrogens with zero attached hydrogens (tertiary/aromatic N) is 1. The first-order valence-corrected chi connectivity index (χ1v) is 10.4. The lowest BCUT2D eigenvalue weighted by molar-refractivity contribution is -0.113. The summed E-state index contributed by atoms with van der Waals surface area (Å²) in [6.07, 6.45) is 6.79. The molecule has 0 saturated heterocycles. The van der Waals surface area contributed by atoms with Crippen LogP contribution < -0.4 is 0 Å². The molecule has 0 saturated carbocycles. The molecule has 0 aliphatic carbocycles. The first kappa shape index (κ1) is 19.7. The fraction of sp³-hybridized carbons (Fsp3) is 0.130. The minimum absolute atomic E-state index is 0.0611. The van der Waals surface area contributed by atoms with Gasteiger partial charge in [0.15, 0.2) is 5.78 Å². The molecule has 0 spiro atoms. The van der Waals surface area contributed by atoms with E-state index in [0.29, 0.717) is 10.5 Å². The van der Waals surface area contributed by atoms with Gasteiger partial charge in [-0.15, -0.1) is 0 Å². The largest absolute Gasteiger partial charge is 0.294 e. The maximum absolute atomic E-state index is 12.9. The second-order valence-corrected chi connectivity index (χ2v) is 8.60. The summed E-state index contributed by atoms with van der Waals surface area (Å²) in [5, 5.41) is 0. The highest BCUT2D eigenvalue weighted by Gasteiger charge is 2.20. The summed E-state index contributed by atoms with van der Waals surface area (Å²) >= 11 is 0. The summed E-state index contributed by atoms with van der Waals surface area (Å²) in [6.45, 7) is 3.65. The zero-order valence-corrected chi connectivity index (χ0v) is 16.6. The molecule has 0 bridgehead atoms. The second kappa shape index (κ2) is 8.31. The van der Waals surface area contributed by atoms with Crippen LogP contribution in [0.25, 0.3) is 6.08 Å². The topological polar surface area (TPSA) is 64.1 Å². The molecule has 0 atom stereocenters. The Morgan fingerprint density at radius 2 is 1.79 bits per heavy atom. The fourth-order valence-corrected chi connectivity index (χ4v) is 4.42. The molecule has 0 aliphatic heterocycles. The third-order valence-corrected chi connectivity index (χ3v) is 6.30. The van der Waals surface area contributed by atoms with Gasteiger partial charge in [-0.2, -0.15) is 0 Å². The smallest absolute Gasteiger partial charge is 0.206 e. The molecule has 2 aromatic carbocycles. The number of benzene rings is 2. The zero-order valence-electron chi connectivity index (χ0n) is 15.8. The van der Waals surface area contributed by atoms with E-state index in [-0.39, 0.29) is 17.1 Å². The number of carbonyl (C=O) groups excluding carboxylic acids is 1. The van der Waals surface area contributed by atoms with E-state index >= 15 is 0 Å². The zero-order chi connectivity index (χ0) is 20.1. The van der Waals surface area contributed by atoms with Crippen molar-refractivity contribution in [3.8, 4) is 0 Å². The summed E-state index contributed by atoms with van der Waals surface area (Å²) in [5.74, 6) is -0.0611. The van der Waals surface area contributed by atoms with Crippen LogP contribution in [0.5, 0.6) is 0 Å². The quantitative estimate of drug-likeness (QED) is 0.586. The van der Waals surface area contributed by atoms with Crippen molar-refractivity contribution >= 4 is 21.7 Å². The van der Waals surface area contributed by atoms with Crippen molar-refractivity contribution in [2.24, 2.45) is 0 Å². The van der Waals surface area contributed by atoms with Gasteiger partial charge in [0.25, 0.3) is 0 Å². The summed E-state index contributed by atoms with van der Waals surface area (Å²) in [6, 6.07) is 15.6. The predicted octanol–water partition coefficient (Wildman–Crippen LogP) is 4.36. The number of aromatic nitrogens is 1. The van der Waals surface area contributed by atoms with Gasteiger partial charge in [0.2, 0.25) is 9.84 Å². The van der Waals surface area contributed by atoms with Crippen LogP contribution in [0.1, 0.15) is 22.3 Å². The minimum atomic E-state index is -3.59. The molecule has 3 rings (SSSR count). The van der Waals surface area contributed by atoms with Crippen molar-refractivity contribution in [3.05, 3.63) is 95.3 Å². The van der Waals surface area contributed by atoms with E-state index in [1.54, 1.807) is 61.8 Å². The van der Waals surface area contributed by atoms with Gasteiger partial charge in [0.05, 0.1) is 9.79 Å². The standard InChI is InChI=1S/C23H21NO3S/c1-17-5-6-18(2)23(14-17)28(26,27)22-11-8-19(9-12-22)15-21(25)10-7-20-4-3-13-24-16-20/h3-14,16H,15H2,1-2H3/b10-7+. The number of ketones is 1. The number of carbonyl (C=O) groups is 1. The lowest BCUT2D eigenvalue weighted by Gasteiger charge is -2.09. The van der Waals surface area contributed by atoms with E-state index in [1.807, 2.05) is 25.1 Å². The number of hydrogen-bond acceptors (Lipinski definition) is 4. The Hall–Kier alpha value is -3.05. The van der Waals surface area contributed by atoms with Crippen molar-refractivity contribution < 1.29 is 13.2 Å². The van der Waals surface area contributed by atoms with Crippen LogP contribution in [0, 0.1) is 13.8 Å². The summed E-state index contributed by atoms with van der Waals surface area (Å²) < 4.78 is 25.8. The first-order valence-electron chi connectivity index (χ1n) is 8.88. The van der Waals surface area contributed by atoms with Gasteiger partial charge < -0.3 is 0 Å². The van der Waals surface area contributed by atoms with E-state index in [2.05, 4.69) is 4.98 Å². The van der Waals surface area contributed by atoms with Crippen LogP contribution in [-0.2, 0) is 21.1 Å². The maximum atomic E-state index is 12.9. The second-order valence-electron chi connectivity index (χ2n) is 6.68. The van der Waals surface area contributed by atoms with Crippen molar-refractivity contribution in [1.29, 1.82) is 0 Å². The lowest BCUT2D eigenvalue weighted by atomic mass is 10.1. The van der Waals surface area contributed by atoms with Crippen LogP contribution in [0.3, 0.4) is 0 Å². The molecule has 0 amide bonds. The Kier molecular flexibility index (Phi) is 5.85. The maximum Gasteiger partial charge on any atom is 0.206 e. The molecule has 0 unspecified atom stereocenters. The van der Waals surface area contributed by atoms with Gasteiger partial charge in [-0.1, -0.05) is 30.3 Å². The molecule has 0 N–H and O–H groups in total. The van der Waals surface area contributed by atoms with Crippen LogP contribution in [0.15, 0.2) is 82.9 Å². The number of rotatable bonds is 6. The molecule has 0 radical (unpaired) electrons.